The molecule has 0 saturated heterocycles. The fourth-order valence-corrected chi connectivity index (χ4v) is 10.6. The zero-order valence-electron chi connectivity index (χ0n) is 32.3. The van der Waals surface area contributed by atoms with Gasteiger partial charge in [-0.2, -0.15) is 0 Å². The van der Waals surface area contributed by atoms with E-state index in [-0.39, 0.29) is 23.4 Å². The summed E-state index contributed by atoms with van der Waals surface area (Å²) in [5.74, 6) is 2.39. The summed E-state index contributed by atoms with van der Waals surface area (Å²) in [5, 5.41) is 11.0. The minimum atomic E-state index is -2.57. The number of nitrogens with one attached hydrogen (secondary N) is 2. The van der Waals surface area contributed by atoms with Crippen LogP contribution in [0.4, 0.5) is 0 Å². The van der Waals surface area contributed by atoms with Gasteiger partial charge in [-0.25, -0.2) is 0 Å². The van der Waals surface area contributed by atoms with E-state index in [4.69, 9.17) is 31.2 Å². The highest BCUT2D eigenvalue weighted by Crippen LogP contribution is 2.56. The summed E-state index contributed by atoms with van der Waals surface area (Å²) in [6, 6.07) is 26.1. The number of hydrogen-bond acceptors (Lipinski definition) is 6. The topological polar surface area (TPSA) is 84.4 Å². The molecule has 0 unspecified atom stereocenters. The van der Waals surface area contributed by atoms with Crippen LogP contribution in [0.2, 0.25) is 0 Å². The van der Waals surface area contributed by atoms with E-state index < -0.39 is 13.1 Å². The molecule has 4 rings (SSSR count). The van der Waals surface area contributed by atoms with Crippen LogP contribution in [0.3, 0.4) is 0 Å². The smallest absolute Gasteiger partial charge is 0.245 e. The predicted molar refractivity (Wildman–Crippen MR) is 220 cm³/mol. The Kier molecular flexibility index (Phi) is 14.6. The summed E-state index contributed by atoms with van der Waals surface area (Å²) < 4.78 is 22.6. The number of amides is 1. The fraction of sp³-hybridized carbons (Fsp3) is 0.429. The van der Waals surface area contributed by atoms with Gasteiger partial charge in [-0.3, -0.25) is 9.54 Å². The van der Waals surface area contributed by atoms with Crippen molar-refractivity contribution >= 4 is 40.9 Å². The molecular formula is C42H57N4O4PS. The monoisotopic (exact) mass is 744 g/mol. The molecule has 3 atom stereocenters. The van der Waals surface area contributed by atoms with Gasteiger partial charge in [0.2, 0.25) is 5.91 Å². The van der Waals surface area contributed by atoms with Crippen molar-refractivity contribution in [1.82, 2.24) is 15.5 Å². The average molecular weight is 745 g/mol. The number of allylic oxidation sites excluding steroid dienone is 4. The first kappa shape index (κ1) is 40.7. The van der Waals surface area contributed by atoms with Crippen LogP contribution in [0.15, 0.2) is 107 Å². The molecule has 1 amide bonds. The average Bonchev–Trinajstić information content (AvgIpc) is 3.15. The van der Waals surface area contributed by atoms with Gasteiger partial charge in [0.1, 0.15) is 17.5 Å². The van der Waals surface area contributed by atoms with E-state index in [9.17, 15) is 4.79 Å². The lowest BCUT2D eigenvalue weighted by Gasteiger charge is -2.38. The Morgan fingerprint density at radius 3 is 1.98 bits per heavy atom. The quantitative estimate of drug-likeness (QED) is 0.0791. The molecule has 1 aliphatic rings. The van der Waals surface area contributed by atoms with Gasteiger partial charge in [-0.1, -0.05) is 70.0 Å². The van der Waals surface area contributed by atoms with Gasteiger partial charge >= 0.3 is 0 Å². The number of carbonyl (C=O) groups is 1. The van der Waals surface area contributed by atoms with Crippen molar-refractivity contribution in [3.63, 3.8) is 0 Å². The number of hydrogen-bond donors (Lipinski definition) is 2. The lowest BCUT2D eigenvalue weighted by molar-refractivity contribution is -0.134. The third kappa shape index (κ3) is 10.3. The minimum absolute atomic E-state index is 0.00509. The van der Waals surface area contributed by atoms with E-state index in [1.165, 1.54) is 0 Å². The van der Waals surface area contributed by atoms with E-state index in [1.807, 2.05) is 74.6 Å². The molecule has 3 aromatic carbocycles. The summed E-state index contributed by atoms with van der Waals surface area (Å²) in [4.78, 5) is 15.7. The van der Waals surface area contributed by atoms with Crippen molar-refractivity contribution in [3.05, 3.63) is 108 Å². The molecule has 52 heavy (non-hydrogen) atoms. The van der Waals surface area contributed by atoms with Crippen LogP contribution >= 0.6 is 19.3 Å². The Morgan fingerprint density at radius 1 is 0.904 bits per heavy atom. The zero-order chi connectivity index (χ0) is 37.9. The molecule has 1 aliphatic carbocycles. The van der Waals surface area contributed by atoms with Crippen LogP contribution in [0.1, 0.15) is 65.9 Å². The van der Waals surface area contributed by atoms with Gasteiger partial charge in [0, 0.05) is 24.2 Å². The van der Waals surface area contributed by atoms with Crippen LogP contribution in [0.25, 0.3) is 0 Å². The van der Waals surface area contributed by atoms with E-state index in [1.54, 1.807) is 26.2 Å². The van der Waals surface area contributed by atoms with E-state index in [0.717, 1.165) is 64.4 Å². The molecule has 0 radical (unpaired) electrons. The number of ether oxygens (including phenoxy) is 3. The first-order valence-corrected chi connectivity index (χ1v) is 20.1. The van der Waals surface area contributed by atoms with E-state index >= 15 is 0 Å². The second kappa shape index (κ2) is 18.6. The first-order valence-electron chi connectivity index (χ1n) is 18.0. The number of thiocarbonyl (C=S) groups is 1. The Hall–Kier alpha value is -4.07. The van der Waals surface area contributed by atoms with Crippen molar-refractivity contribution in [2.75, 3.05) is 28.4 Å². The highest BCUT2D eigenvalue weighted by Gasteiger charge is 2.36. The lowest BCUT2D eigenvalue weighted by atomic mass is 9.85. The van der Waals surface area contributed by atoms with Crippen molar-refractivity contribution < 1.29 is 19.0 Å². The summed E-state index contributed by atoms with van der Waals surface area (Å²) in [6.45, 7) is 10.8. The highest BCUT2D eigenvalue weighted by atomic mass is 32.1. The minimum Gasteiger partial charge on any atom is -0.501 e. The first-order chi connectivity index (χ1) is 24.8. The molecule has 0 aliphatic heterocycles. The second-order valence-corrected chi connectivity index (χ2v) is 18.1. The fourth-order valence-electron chi connectivity index (χ4n) is 6.58. The molecule has 8 nitrogen and oxygen atoms in total. The molecule has 1 saturated carbocycles. The van der Waals surface area contributed by atoms with Crippen molar-refractivity contribution in [3.8, 4) is 11.5 Å². The maximum absolute atomic E-state index is 13.9. The highest BCUT2D eigenvalue weighted by molar-refractivity contribution is 7.84. The molecule has 0 heterocycles. The molecule has 280 valence electrons. The summed E-state index contributed by atoms with van der Waals surface area (Å²) in [5.41, 5.74) is 0.694. The van der Waals surface area contributed by atoms with Crippen LogP contribution in [0.5, 0.6) is 11.5 Å². The normalized spacial score (nSPS) is 17.4. The molecule has 1 fully saturated rings. The number of nitrogens with zero attached hydrogens (tertiary/aromatic N) is 2. The molecule has 0 bridgehead atoms. The zero-order valence-corrected chi connectivity index (χ0v) is 34.0. The Morgan fingerprint density at radius 2 is 1.46 bits per heavy atom. The molecule has 10 heteroatoms. The van der Waals surface area contributed by atoms with Crippen LogP contribution in [0, 0.1) is 5.41 Å². The number of benzene rings is 3. The van der Waals surface area contributed by atoms with Gasteiger partial charge in [-0.15, -0.1) is 0 Å². The third-order valence-corrected chi connectivity index (χ3v) is 13.8. The maximum atomic E-state index is 13.9. The molecular weight excluding hydrogens is 688 g/mol. The SMILES string of the molecule is CO/C(C)=C/C=C(\C)P(=N[C@@H]1CCCC[C@H]1NC(=S)N[C@H](C(=O)N(C)Cc1ccccc1)C(C)(C)C)(c1ccc(OC)cc1)c1ccc(OC)cc1. The Bertz CT molecular complexity index is 1700. The van der Waals surface area contributed by atoms with E-state index in [0.29, 0.717) is 11.7 Å². The van der Waals surface area contributed by atoms with Crippen molar-refractivity contribution in [2.24, 2.45) is 10.2 Å². The van der Waals surface area contributed by atoms with Crippen molar-refractivity contribution in [2.45, 2.75) is 85.0 Å². The lowest BCUT2D eigenvalue weighted by Crippen LogP contribution is -2.58. The number of methoxy groups -OCH3 is 3. The van der Waals surface area contributed by atoms with E-state index in [2.05, 4.69) is 68.7 Å². The summed E-state index contributed by atoms with van der Waals surface area (Å²) in [6.07, 6.45) is 8.12. The number of likely N-dealkylation sites (N-methyl/N-ethyl adjacent to an activating group) is 1. The third-order valence-electron chi connectivity index (χ3n) is 9.68. The molecule has 3 aromatic rings. The Balaban J connectivity index is 1.76. The number of carbonyl (C=O) groups excluding carboxylic acids is 1. The van der Waals surface area contributed by atoms with Crippen molar-refractivity contribution in [1.29, 1.82) is 0 Å². The van der Waals surface area contributed by atoms with Crippen LogP contribution < -0.4 is 30.7 Å². The van der Waals surface area contributed by atoms with Crippen LogP contribution in [-0.4, -0.2) is 62.4 Å². The van der Waals surface area contributed by atoms with Gasteiger partial charge in [0.15, 0.2) is 5.11 Å². The summed E-state index contributed by atoms with van der Waals surface area (Å²) in [7, 11) is 4.33. The Labute approximate surface area is 317 Å². The van der Waals surface area contributed by atoms with Gasteiger partial charge in [0.05, 0.1) is 46.2 Å². The van der Waals surface area contributed by atoms with Gasteiger partial charge in [0.25, 0.3) is 0 Å². The summed E-state index contributed by atoms with van der Waals surface area (Å²) >= 11 is 6.00. The second-order valence-electron chi connectivity index (χ2n) is 14.5. The largest absolute Gasteiger partial charge is 0.501 e. The molecule has 0 spiro atoms. The molecule has 0 aromatic heterocycles. The maximum Gasteiger partial charge on any atom is 0.245 e. The predicted octanol–water partition coefficient (Wildman–Crippen LogP) is 8.16. The standard InChI is InChI=1S/C42H57N4O4PS/c1-30(48-7)19-20-31(2)51(35-25-21-33(49-8)22-26-35,36-27-23-34(50-9)24-28-36)45-38-18-14-13-17-37(38)43-41(52)44-39(42(3,4)5)40(47)46(6)29-32-15-11-10-12-16-32/h10-12,15-16,19-28,37-39H,13-14,17-18,29H2,1-9H3,(H2,43,44,52)/b30-19+,31-20+/t37-,38-,39-/m1/s1. The van der Waals surface area contributed by atoms with Gasteiger partial charge in [-0.05, 0) is 110 Å². The number of rotatable bonds is 13. The molecule has 2 N–H and O–H groups in total. The van der Waals surface area contributed by atoms with Crippen LogP contribution in [-0.2, 0) is 16.1 Å². The van der Waals surface area contributed by atoms with Gasteiger partial charge < -0.3 is 29.7 Å².